The van der Waals surface area contributed by atoms with Crippen LogP contribution in [0, 0.1) is 13.8 Å². The van der Waals surface area contributed by atoms with Crippen LogP contribution < -0.4 is 4.74 Å². The smallest absolute Gasteiger partial charge is 0.303 e. The number of likely N-dealkylation sites (tertiary alicyclic amines) is 1. The van der Waals surface area contributed by atoms with Gasteiger partial charge in [0.05, 0.1) is 6.54 Å². The highest BCUT2D eigenvalue weighted by atomic mass is 16.6. The molecule has 1 saturated heterocycles. The predicted molar refractivity (Wildman–Crippen MR) is 87.6 cm³/mol. The summed E-state index contributed by atoms with van der Waals surface area (Å²) in [6, 6.07) is 1.79. The predicted octanol–water partition coefficient (Wildman–Crippen LogP) is 1.80. The second-order valence-electron chi connectivity index (χ2n) is 6.63. The average Bonchev–Trinajstić information content (AvgIpc) is 2.44. The van der Waals surface area contributed by atoms with Crippen molar-refractivity contribution in [1.82, 2.24) is 14.9 Å². The van der Waals surface area contributed by atoms with Crippen molar-refractivity contribution in [1.29, 1.82) is 0 Å². The van der Waals surface area contributed by atoms with Gasteiger partial charge >= 0.3 is 5.97 Å². The molecular weight excluding hydrogens is 310 g/mol. The Bertz CT molecular complexity index is 610. The largest absolute Gasteiger partial charge is 0.472 e. The van der Waals surface area contributed by atoms with E-state index in [0.29, 0.717) is 24.8 Å². The minimum atomic E-state index is -1.17. The Labute approximate surface area is 142 Å². The van der Waals surface area contributed by atoms with Crippen molar-refractivity contribution < 1.29 is 19.1 Å². The van der Waals surface area contributed by atoms with Crippen LogP contribution in [0.3, 0.4) is 0 Å². The maximum Gasteiger partial charge on any atom is 0.303 e. The maximum atomic E-state index is 12.6. The van der Waals surface area contributed by atoms with E-state index in [0.717, 1.165) is 18.5 Å². The second-order valence-corrected chi connectivity index (χ2v) is 6.63. The zero-order valence-corrected chi connectivity index (χ0v) is 15.0. The van der Waals surface area contributed by atoms with Gasteiger partial charge in [-0.05, 0) is 40.5 Å². The van der Waals surface area contributed by atoms with E-state index in [4.69, 9.17) is 9.47 Å². The summed E-state index contributed by atoms with van der Waals surface area (Å²) in [4.78, 5) is 34.0. The van der Waals surface area contributed by atoms with Gasteiger partial charge in [0.1, 0.15) is 11.9 Å². The number of aryl methyl sites for hydroxylation is 2. The maximum absolute atomic E-state index is 12.6. The molecule has 2 rings (SSSR count). The summed E-state index contributed by atoms with van der Waals surface area (Å²) in [6.07, 6.45) is 1.54. The molecule has 7 nitrogen and oxygen atoms in total. The number of amides is 1. The fourth-order valence-electron chi connectivity index (χ4n) is 2.92. The Hall–Kier alpha value is -2.18. The first-order valence-electron chi connectivity index (χ1n) is 8.15. The van der Waals surface area contributed by atoms with Crippen molar-refractivity contribution in [3.63, 3.8) is 0 Å². The summed E-state index contributed by atoms with van der Waals surface area (Å²) in [7, 11) is 0. The van der Waals surface area contributed by atoms with Gasteiger partial charge in [-0.2, -0.15) is 4.98 Å². The summed E-state index contributed by atoms with van der Waals surface area (Å²) in [6.45, 7) is 9.31. The van der Waals surface area contributed by atoms with Gasteiger partial charge in [0.25, 0.3) is 5.91 Å². The molecule has 24 heavy (non-hydrogen) atoms. The number of nitrogens with zero attached hydrogens (tertiary/aromatic N) is 3. The molecule has 0 spiro atoms. The molecule has 1 fully saturated rings. The Kier molecular flexibility index (Phi) is 5.41. The molecule has 1 amide bonds. The van der Waals surface area contributed by atoms with Gasteiger partial charge in [-0.15, -0.1) is 0 Å². The third-order valence-corrected chi connectivity index (χ3v) is 3.81. The molecule has 1 aromatic rings. The number of ether oxygens (including phenoxy) is 2. The number of carbonyl (C=O) groups excluding carboxylic acids is 2. The van der Waals surface area contributed by atoms with Gasteiger partial charge in [0.2, 0.25) is 5.88 Å². The number of piperidine rings is 1. The lowest BCUT2D eigenvalue weighted by molar-refractivity contribution is -0.169. The first kappa shape index (κ1) is 18.2. The van der Waals surface area contributed by atoms with Crippen LogP contribution in [0.4, 0.5) is 0 Å². The highest BCUT2D eigenvalue weighted by Gasteiger charge is 2.37. The number of aromatic nitrogens is 2. The number of esters is 1. The molecule has 1 atom stereocenters. The highest BCUT2D eigenvalue weighted by molar-refractivity contribution is 5.86. The van der Waals surface area contributed by atoms with E-state index >= 15 is 0 Å². The van der Waals surface area contributed by atoms with Crippen molar-refractivity contribution >= 4 is 11.9 Å². The number of rotatable bonds is 4. The highest BCUT2D eigenvalue weighted by Crippen LogP contribution is 2.21. The molecule has 1 aliphatic heterocycles. The van der Waals surface area contributed by atoms with Crippen LogP contribution >= 0.6 is 0 Å². The SMILES string of the molecule is CC(=O)OC(C)(C)C(=O)N1CCCC(Oc2cc(C)nc(C)n2)C1. The van der Waals surface area contributed by atoms with Crippen LogP contribution in [0.2, 0.25) is 0 Å². The van der Waals surface area contributed by atoms with Crippen molar-refractivity contribution in [2.45, 2.75) is 59.2 Å². The van der Waals surface area contributed by atoms with Crippen LogP contribution in [-0.2, 0) is 14.3 Å². The summed E-state index contributed by atoms with van der Waals surface area (Å²) < 4.78 is 11.1. The van der Waals surface area contributed by atoms with E-state index in [-0.39, 0.29) is 12.0 Å². The van der Waals surface area contributed by atoms with Crippen LogP contribution in [0.15, 0.2) is 6.07 Å². The molecule has 1 aliphatic rings. The van der Waals surface area contributed by atoms with E-state index in [1.807, 2.05) is 13.8 Å². The molecule has 0 saturated carbocycles. The molecule has 0 aliphatic carbocycles. The molecule has 2 heterocycles. The van der Waals surface area contributed by atoms with Gasteiger partial charge in [-0.25, -0.2) is 4.98 Å². The van der Waals surface area contributed by atoms with Gasteiger partial charge < -0.3 is 14.4 Å². The molecule has 0 N–H and O–H groups in total. The fraction of sp³-hybridized carbons (Fsp3) is 0.647. The van der Waals surface area contributed by atoms with E-state index < -0.39 is 11.6 Å². The quantitative estimate of drug-likeness (QED) is 0.781. The van der Waals surface area contributed by atoms with E-state index in [1.165, 1.54) is 6.92 Å². The molecule has 0 radical (unpaired) electrons. The number of hydrogen-bond acceptors (Lipinski definition) is 6. The van der Waals surface area contributed by atoms with Gasteiger partial charge in [0.15, 0.2) is 5.60 Å². The number of hydrogen-bond donors (Lipinski definition) is 0. The minimum absolute atomic E-state index is 0.135. The van der Waals surface area contributed by atoms with Crippen LogP contribution in [-0.4, -0.2) is 51.5 Å². The van der Waals surface area contributed by atoms with Gasteiger partial charge in [-0.1, -0.05) is 0 Å². The lowest BCUT2D eigenvalue weighted by Gasteiger charge is -2.36. The standard InChI is InChI=1S/C17H25N3O4/c1-11-9-15(19-12(2)18-11)23-14-7-6-8-20(10-14)16(22)17(4,5)24-13(3)21/h9,14H,6-8,10H2,1-5H3. The lowest BCUT2D eigenvalue weighted by Crippen LogP contribution is -2.53. The summed E-state index contributed by atoms with van der Waals surface area (Å²) >= 11 is 0. The summed E-state index contributed by atoms with van der Waals surface area (Å²) in [5.41, 5.74) is -0.326. The average molecular weight is 335 g/mol. The first-order chi connectivity index (χ1) is 11.2. The van der Waals surface area contributed by atoms with Crippen molar-refractivity contribution in [3.8, 4) is 5.88 Å². The van der Waals surface area contributed by atoms with Gasteiger partial charge in [0, 0.05) is 25.2 Å². The van der Waals surface area contributed by atoms with Gasteiger partial charge in [-0.3, -0.25) is 9.59 Å². The summed E-state index contributed by atoms with van der Waals surface area (Å²) in [5.74, 6) is 0.509. The van der Waals surface area contributed by atoms with Crippen molar-refractivity contribution in [3.05, 3.63) is 17.6 Å². The fourth-order valence-corrected chi connectivity index (χ4v) is 2.92. The van der Waals surface area contributed by atoms with Crippen LogP contribution in [0.1, 0.15) is 45.1 Å². The Balaban J connectivity index is 2.03. The first-order valence-corrected chi connectivity index (χ1v) is 8.15. The topological polar surface area (TPSA) is 81.6 Å². The second kappa shape index (κ2) is 7.15. The third kappa shape index (κ3) is 4.66. The third-order valence-electron chi connectivity index (χ3n) is 3.81. The monoisotopic (exact) mass is 335 g/mol. The molecular formula is C17H25N3O4. The van der Waals surface area contributed by atoms with E-state index in [1.54, 1.807) is 24.8 Å². The van der Waals surface area contributed by atoms with E-state index in [2.05, 4.69) is 9.97 Å². The Morgan fingerprint density at radius 2 is 2.00 bits per heavy atom. The zero-order valence-electron chi connectivity index (χ0n) is 15.0. The lowest BCUT2D eigenvalue weighted by atomic mass is 10.0. The Morgan fingerprint density at radius 1 is 1.29 bits per heavy atom. The molecule has 0 aromatic carbocycles. The summed E-state index contributed by atoms with van der Waals surface area (Å²) in [5, 5.41) is 0. The number of carbonyl (C=O) groups is 2. The zero-order chi connectivity index (χ0) is 17.9. The van der Waals surface area contributed by atoms with Crippen molar-refractivity contribution in [2.24, 2.45) is 0 Å². The van der Waals surface area contributed by atoms with Crippen LogP contribution in [0.25, 0.3) is 0 Å². The van der Waals surface area contributed by atoms with E-state index in [9.17, 15) is 9.59 Å². The molecule has 1 unspecified atom stereocenters. The molecule has 132 valence electrons. The Morgan fingerprint density at radius 3 is 2.62 bits per heavy atom. The minimum Gasteiger partial charge on any atom is -0.472 e. The molecule has 7 heteroatoms. The molecule has 0 bridgehead atoms. The van der Waals surface area contributed by atoms with Crippen LogP contribution in [0.5, 0.6) is 5.88 Å². The van der Waals surface area contributed by atoms with Crippen molar-refractivity contribution in [2.75, 3.05) is 13.1 Å². The normalized spacial score (nSPS) is 18.2. The molecule has 1 aromatic heterocycles.